The van der Waals surface area contributed by atoms with Crippen molar-refractivity contribution in [1.29, 1.82) is 0 Å². The number of fused-ring (bicyclic) bond motifs is 1. The number of methoxy groups -OCH3 is 1. The topological polar surface area (TPSA) is 95.7 Å². The number of pyridine rings is 1. The zero-order valence-electron chi connectivity index (χ0n) is 21.9. The second-order valence-electron chi connectivity index (χ2n) is 10.3. The highest BCUT2D eigenvalue weighted by molar-refractivity contribution is 5.89. The van der Waals surface area contributed by atoms with Crippen LogP contribution in [0.25, 0.3) is 28.0 Å². The molecule has 5 rings (SSSR count). The SMILES string of the molecule is COC(=O)c1ccc(-c2ccc(-n3c(=O)n([C@H]4CCN(C(=O)OC(C)(C)C)C4)c4ccccc43)cn2)cc1. The van der Waals surface area contributed by atoms with Gasteiger partial charge in [-0.05, 0) is 63.6 Å². The number of ether oxygens (including phenoxy) is 2. The molecule has 2 aromatic carbocycles. The van der Waals surface area contributed by atoms with Crippen molar-refractivity contribution < 1.29 is 19.1 Å². The number of amides is 1. The molecule has 3 heterocycles. The molecule has 1 aliphatic rings. The number of carbonyl (C=O) groups excluding carboxylic acids is 2. The van der Waals surface area contributed by atoms with Crippen LogP contribution in [0.15, 0.2) is 71.7 Å². The summed E-state index contributed by atoms with van der Waals surface area (Å²) in [6, 6.07) is 18.2. The smallest absolute Gasteiger partial charge is 0.410 e. The summed E-state index contributed by atoms with van der Waals surface area (Å²) in [5.74, 6) is -0.396. The van der Waals surface area contributed by atoms with Crippen LogP contribution >= 0.6 is 0 Å². The van der Waals surface area contributed by atoms with Crippen LogP contribution in [0.1, 0.15) is 43.6 Å². The van der Waals surface area contributed by atoms with Gasteiger partial charge >= 0.3 is 17.8 Å². The number of aromatic nitrogens is 3. The standard InChI is InChI=1S/C29H30N4O5/c1-29(2,3)38-28(36)31-16-15-22(18-31)33-25-8-6-5-7-24(25)32(27(33)35)21-13-14-23(30-17-21)19-9-11-20(12-10-19)26(34)37-4/h5-14,17,22H,15-16,18H2,1-4H3/t22-/m0/s1. The molecule has 0 unspecified atom stereocenters. The van der Waals surface area contributed by atoms with Gasteiger partial charge in [0.05, 0.1) is 47.3 Å². The highest BCUT2D eigenvalue weighted by Crippen LogP contribution is 2.28. The lowest BCUT2D eigenvalue weighted by atomic mass is 10.1. The van der Waals surface area contributed by atoms with E-state index in [4.69, 9.17) is 9.47 Å². The van der Waals surface area contributed by atoms with Gasteiger partial charge in [-0.2, -0.15) is 0 Å². The number of carbonyl (C=O) groups is 2. The zero-order chi connectivity index (χ0) is 27.0. The molecule has 2 aromatic heterocycles. The van der Waals surface area contributed by atoms with Gasteiger partial charge < -0.3 is 14.4 Å². The van der Waals surface area contributed by atoms with E-state index < -0.39 is 11.6 Å². The van der Waals surface area contributed by atoms with Crippen molar-refractivity contribution in [3.63, 3.8) is 0 Å². The molecule has 1 saturated heterocycles. The minimum atomic E-state index is -0.579. The van der Waals surface area contributed by atoms with Gasteiger partial charge in [-0.3, -0.25) is 14.1 Å². The monoisotopic (exact) mass is 514 g/mol. The lowest BCUT2D eigenvalue weighted by Crippen LogP contribution is -2.36. The summed E-state index contributed by atoms with van der Waals surface area (Å²) in [5.41, 5.74) is 3.47. The summed E-state index contributed by atoms with van der Waals surface area (Å²) in [6.07, 6.45) is 1.96. The molecule has 0 N–H and O–H groups in total. The Balaban J connectivity index is 1.45. The number of rotatable bonds is 4. The molecular formula is C29H30N4O5. The van der Waals surface area contributed by atoms with Crippen molar-refractivity contribution in [3.05, 3.63) is 82.9 Å². The summed E-state index contributed by atoms with van der Waals surface area (Å²) >= 11 is 0. The molecule has 0 aliphatic carbocycles. The van der Waals surface area contributed by atoms with Crippen molar-refractivity contribution in [2.24, 2.45) is 0 Å². The van der Waals surface area contributed by atoms with Gasteiger partial charge in [0.1, 0.15) is 5.60 Å². The number of esters is 1. The van der Waals surface area contributed by atoms with Gasteiger partial charge in [0.15, 0.2) is 0 Å². The van der Waals surface area contributed by atoms with Crippen molar-refractivity contribution in [1.82, 2.24) is 19.0 Å². The Labute approximate surface area is 220 Å². The molecule has 0 saturated carbocycles. The Morgan fingerprint density at radius 3 is 2.32 bits per heavy atom. The highest BCUT2D eigenvalue weighted by atomic mass is 16.6. The van der Waals surface area contributed by atoms with Crippen molar-refractivity contribution >= 4 is 23.1 Å². The molecular weight excluding hydrogens is 484 g/mol. The Morgan fingerprint density at radius 2 is 1.68 bits per heavy atom. The molecule has 9 nitrogen and oxygen atoms in total. The predicted octanol–water partition coefficient (Wildman–Crippen LogP) is 4.82. The number of hydrogen-bond acceptors (Lipinski definition) is 6. The number of nitrogens with zero attached hydrogens (tertiary/aromatic N) is 4. The lowest BCUT2D eigenvalue weighted by Gasteiger charge is -2.24. The first-order valence-corrected chi connectivity index (χ1v) is 12.5. The van der Waals surface area contributed by atoms with Crippen LogP contribution in [0.5, 0.6) is 0 Å². The number of benzene rings is 2. The Kier molecular flexibility index (Phi) is 6.52. The number of para-hydroxylation sites is 2. The fourth-order valence-corrected chi connectivity index (χ4v) is 4.80. The van der Waals surface area contributed by atoms with Crippen LogP contribution in [0.4, 0.5) is 4.79 Å². The highest BCUT2D eigenvalue weighted by Gasteiger charge is 2.33. The molecule has 9 heteroatoms. The molecule has 0 spiro atoms. The van der Waals surface area contributed by atoms with E-state index in [2.05, 4.69) is 4.98 Å². The third-order valence-electron chi connectivity index (χ3n) is 6.57. The number of hydrogen-bond donors (Lipinski definition) is 0. The van der Waals surface area contributed by atoms with E-state index in [1.165, 1.54) is 7.11 Å². The van der Waals surface area contributed by atoms with Crippen LogP contribution in [-0.2, 0) is 9.47 Å². The Hall–Kier alpha value is -4.40. The first kappa shape index (κ1) is 25.3. The van der Waals surface area contributed by atoms with Gasteiger partial charge in [0, 0.05) is 18.7 Å². The van der Waals surface area contributed by atoms with Crippen LogP contribution in [0.3, 0.4) is 0 Å². The second-order valence-corrected chi connectivity index (χ2v) is 10.3. The van der Waals surface area contributed by atoms with E-state index in [1.54, 1.807) is 32.4 Å². The first-order valence-electron chi connectivity index (χ1n) is 12.5. The molecule has 4 aromatic rings. The normalized spacial score (nSPS) is 15.6. The second kappa shape index (κ2) is 9.81. The molecule has 0 bridgehead atoms. The minimum Gasteiger partial charge on any atom is -0.465 e. The van der Waals surface area contributed by atoms with Gasteiger partial charge in [0.2, 0.25) is 0 Å². The van der Waals surface area contributed by atoms with Gasteiger partial charge in [-0.15, -0.1) is 0 Å². The molecule has 0 radical (unpaired) electrons. The average molecular weight is 515 g/mol. The van der Waals surface area contributed by atoms with E-state index in [0.29, 0.717) is 36.5 Å². The molecule has 38 heavy (non-hydrogen) atoms. The van der Waals surface area contributed by atoms with Crippen LogP contribution in [-0.4, -0.2) is 56.9 Å². The van der Waals surface area contributed by atoms with E-state index >= 15 is 0 Å². The average Bonchev–Trinajstić information content (AvgIpc) is 3.49. The molecule has 1 atom stereocenters. The third kappa shape index (κ3) is 4.79. The molecule has 196 valence electrons. The minimum absolute atomic E-state index is 0.165. The quantitative estimate of drug-likeness (QED) is 0.362. The van der Waals surface area contributed by atoms with Crippen molar-refractivity contribution in [2.45, 2.75) is 38.8 Å². The Morgan fingerprint density at radius 1 is 0.974 bits per heavy atom. The van der Waals surface area contributed by atoms with E-state index in [0.717, 1.165) is 16.6 Å². The third-order valence-corrected chi connectivity index (χ3v) is 6.57. The summed E-state index contributed by atoms with van der Waals surface area (Å²) < 4.78 is 13.7. The predicted molar refractivity (Wildman–Crippen MR) is 144 cm³/mol. The lowest BCUT2D eigenvalue weighted by molar-refractivity contribution is 0.0288. The largest absolute Gasteiger partial charge is 0.465 e. The maximum absolute atomic E-state index is 13.8. The van der Waals surface area contributed by atoms with Crippen molar-refractivity contribution in [3.8, 4) is 16.9 Å². The summed E-state index contributed by atoms with van der Waals surface area (Å²) in [5, 5.41) is 0. The summed E-state index contributed by atoms with van der Waals surface area (Å²) in [4.78, 5) is 44.4. The van der Waals surface area contributed by atoms with Gasteiger partial charge in [-0.1, -0.05) is 24.3 Å². The Bertz CT molecular complexity index is 1550. The number of likely N-dealkylation sites (tertiary alicyclic amines) is 1. The van der Waals surface area contributed by atoms with Crippen LogP contribution < -0.4 is 5.69 Å². The van der Waals surface area contributed by atoms with E-state index in [-0.39, 0.29) is 17.8 Å². The number of imidazole rings is 1. The molecule has 1 amide bonds. The van der Waals surface area contributed by atoms with Gasteiger partial charge in [-0.25, -0.2) is 14.4 Å². The fourth-order valence-electron chi connectivity index (χ4n) is 4.80. The maximum atomic E-state index is 13.8. The van der Waals surface area contributed by atoms with Gasteiger partial charge in [0.25, 0.3) is 0 Å². The molecule has 1 aliphatic heterocycles. The zero-order valence-corrected chi connectivity index (χ0v) is 21.9. The van der Waals surface area contributed by atoms with Crippen LogP contribution in [0, 0.1) is 0 Å². The van der Waals surface area contributed by atoms with Crippen LogP contribution in [0.2, 0.25) is 0 Å². The van der Waals surface area contributed by atoms with E-state index in [9.17, 15) is 14.4 Å². The maximum Gasteiger partial charge on any atom is 0.410 e. The summed E-state index contributed by atoms with van der Waals surface area (Å²) in [6.45, 7) is 6.45. The van der Waals surface area contributed by atoms with E-state index in [1.807, 2.05) is 69.3 Å². The van der Waals surface area contributed by atoms with Crippen molar-refractivity contribution in [2.75, 3.05) is 20.2 Å². The fraction of sp³-hybridized carbons (Fsp3) is 0.310. The first-order chi connectivity index (χ1) is 18.2. The summed E-state index contributed by atoms with van der Waals surface area (Å²) in [7, 11) is 1.35. The molecule has 1 fully saturated rings.